The molecule has 7 heterocycles. The summed E-state index contributed by atoms with van der Waals surface area (Å²) in [5.74, 6) is -1.19. The van der Waals surface area contributed by atoms with Gasteiger partial charge in [0.15, 0.2) is 0 Å². The van der Waals surface area contributed by atoms with Gasteiger partial charge in [0.1, 0.15) is 29.1 Å². The fraction of sp³-hybridized carbons (Fsp3) is 0.512. The van der Waals surface area contributed by atoms with Crippen LogP contribution in [0.4, 0.5) is 28.4 Å². The zero-order chi connectivity index (χ0) is 77.0. The van der Waals surface area contributed by atoms with Crippen LogP contribution < -0.4 is 35.2 Å². The van der Waals surface area contributed by atoms with E-state index in [-0.39, 0.29) is 59.3 Å². The largest absolute Gasteiger partial charge is 0.476 e. The van der Waals surface area contributed by atoms with Crippen LogP contribution in [0.25, 0.3) is 27.0 Å². The number of aryl methyl sites for hydroxylation is 1. The molecule has 584 valence electrons. The first-order valence-electron chi connectivity index (χ1n) is 38.7. The molecule has 0 unspecified atom stereocenters. The molecule has 24 nitrogen and oxygen atoms in total. The SMILES string of the molecule is Cc1ncsc1-c1ccc([C@H](C)NC(=O)[C@@H]2C[C@@H](O)CN2C(=O)[C@@H](NC(=O)CCCCCCCCCCOC[C@@]2(C)CCC(CN3CCN(c4ccc(C(=O)NS(=O)(=O)c5ccc(NCC6CCOCC6)c([N+](=O)[O-])c5)c(N5CCCOc6nc7[nH]ccc7cc65)c4)CC3)=C(c3ccc(Cl)cc3)C2)C(C)(C)C)cc1. The number of likely N-dealkylation sites (tertiary alicyclic amines) is 1. The van der Waals surface area contributed by atoms with Gasteiger partial charge in [-0.2, -0.15) is 4.98 Å². The Bertz CT molecular complexity index is 4500. The number of aliphatic hydroxyl groups excluding tert-OH is 1. The number of nitrogens with one attached hydrogen (secondary N) is 5. The van der Waals surface area contributed by atoms with Gasteiger partial charge in [-0.3, -0.25) is 34.2 Å². The monoisotopic (exact) mass is 1550 g/mol. The molecule has 5 atom stereocenters. The third kappa shape index (κ3) is 20.4. The van der Waals surface area contributed by atoms with E-state index in [0.717, 1.165) is 136 Å². The Morgan fingerprint density at radius 1 is 0.872 bits per heavy atom. The smallest absolute Gasteiger partial charge is 0.293 e. The van der Waals surface area contributed by atoms with Gasteiger partial charge in [-0.25, -0.2) is 18.1 Å². The highest BCUT2D eigenvalue weighted by Gasteiger charge is 2.45. The number of hydrogen-bond donors (Lipinski definition) is 6. The minimum Gasteiger partial charge on any atom is -0.476 e. The van der Waals surface area contributed by atoms with Crippen LogP contribution in [0.5, 0.6) is 5.88 Å². The van der Waals surface area contributed by atoms with Crippen molar-refractivity contribution in [3.05, 3.63) is 152 Å². The molecule has 0 bridgehead atoms. The topological polar surface area (TPSA) is 296 Å². The van der Waals surface area contributed by atoms with E-state index in [0.29, 0.717) is 106 Å². The molecule has 6 N–H and O–H groups in total. The van der Waals surface area contributed by atoms with Crippen LogP contribution in [0, 0.1) is 33.8 Å². The first-order chi connectivity index (χ1) is 52.4. The number of benzene rings is 4. The number of halogens is 1. The number of aromatic amines is 1. The number of carbonyl (C=O) groups is 4. The summed E-state index contributed by atoms with van der Waals surface area (Å²) in [5, 5.41) is 33.9. The lowest BCUT2D eigenvalue weighted by atomic mass is 9.71. The van der Waals surface area contributed by atoms with Gasteiger partial charge in [0, 0.05) is 113 Å². The Hall–Kier alpha value is -8.50. The van der Waals surface area contributed by atoms with Gasteiger partial charge >= 0.3 is 0 Å². The highest BCUT2D eigenvalue weighted by atomic mass is 35.5. The number of ether oxygens (including phenoxy) is 3. The number of aliphatic hydroxyl groups is 1. The number of nitrogens with zero attached hydrogens (tertiary/aromatic N) is 7. The zero-order valence-electron chi connectivity index (χ0n) is 63.5. The molecule has 3 fully saturated rings. The number of thiazole rings is 1. The molecule has 7 aromatic rings. The van der Waals surface area contributed by atoms with Crippen molar-refractivity contribution in [1.29, 1.82) is 0 Å². The minimum absolute atomic E-state index is 0.0145. The average molecular weight is 1550 g/mol. The lowest BCUT2D eigenvalue weighted by Gasteiger charge is -2.40. The van der Waals surface area contributed by atoms with Crippen LogP contribution in [0.15, 0.2) is 119 Å². The summed E-state index contributed by atoms with van der Waals surface area (Å²) < 4.78 is 48.7. The molecular formula is C82H105ClN12O12S2. The molecule has 4 aromatic carbocycles. The molecular weight excluding hydrogens is 1440 g/mol. The van der Waals surface area contributed by atoms with Crippen LogP contribution in [0.1, 0.15) is 171 Å². The quantitative estimate of drug-likeness (QED) is 0.0134. The number of nitro benzene ring substituents is 1. The number of fused-ring (bicyclic) bond motifs is 2. The van der Waals surface area contributed by atoms with Gasteiger partial charge in [0.05, 0.1) is 62.5 Å². The second-order valence-electron chi connectivity index (χ2n) is 31.4. The second-order valence-corrected chi connectivity index (χ2v) is 34.4. The lowest BCUT2D eigenvalue weighted by molar-refractivity contribution is -0.384. The fourth-order valence-electron chi connectivity index (χ4n) is 15.6. The van der Waals surface area contributed by atoms with Gasteiger partial charge in [-0.1, -0.05) is 120 Å². The number of nitro groups is 1. The summed E-state index contributed by atoms with van der Waals surface area (Å²) in [4.78, 5) is 89.1. The number of hydrogen-bond acceptors (Lipinski definition) is 19. The van der Waals surface area contributed by atoms with E-state index < -0.39 is 55.0 Å². The molecule has 109 heavy (non-hydrogen) atoms. The third-order valence-corrected chi connectivity index (χ3v) is 24.6. The van der Waals surface area contributed by atoms with E-state index >= 15 is 0 Å². The van der Waals surface area contributed by atoms with Gasteiger partial charge in [-0.05, 0) is 159 Å². The Morgan fingerprint density at radius 3 is 2.31 bits per heavy atom. The summed E-state index contributed by atoms with van der Waals surface area (Å²) in [5.41, 5.74) is 10.4. The maximum Gasteiger partial charge on any atom is 0.293 e. The predicted molar refractivity (Wildman–Crippen MR) is 427 cm³/mol. The first-order valence-corrected chi connectivity index (χ1v) is 41.4. The number of pyridine rings is 1. The molecule has 12 rings (SSSR count). The number of amides is 4. The van der Waals surface area contributed by atoms with Crippen molar-refractivity contribution in [2.45, 2.75) is 173 Å². The molecule has 0 saturated carbocycles. The van der Waals surface area contributed by atoms with Gasteiger partial charge < -0.3 is 55.0 Å². The summed E-state index contributed by atoms with van der Waals surface area (Å²) in [6, 6.07) is 27.0. The minimum atomic E-state index is -4.62. The van der Waals surface area contributed by atoms with E-state index in [1.807, 2.05) is 106 Å². The predicted octanol–water partition coefficient (Wildman–Crippen LogP) is 14.1. The molecule has 4 amide bonds. The standard InChI is InChI=1S/C82H105ClN12O12S2/c1-54(57-17-19-59(20-18-57)74-55(2)86-53-108-74)87-78(99)71-46-64(96)51-94(71)80(100)75(81(3,4)5)88-73(97)16-13-11-9-7-8-10-12-14-40-106-52-82(6)33-29-61(67(48-82)58-21-23-62(83)24-22-58)50-91-36-38-92(39-37-91)63-25-27-66(69(45-63)93-35-15-41-107-79-72(93)44-60-30-34-84-76(60)89-79)77(98)90-109(103,104)65-26-28-68(70(47-65)95(101)102)85-49-56-31-42-105-43-32-56/h17-28,30,34,44-45,47,53-54,56,64,71,75,85,96H,7-16,29,31-33,35-43,46,48-52H2,1-6H3,(H,84,89)(H,87,99)(H,88,97)(H,90,98)/t54-,64+,71-,75+,82-/m0/s1. The number of allylic oxidation sites excluding steroid dienone is 1. The first kappa shape index (κ1) is 80.0. The van der Waals surface area contributed by atoms with E-state index in [9.17, 15) is 42.8 Å². The Kier molecular flexibility index (Phi) is 26.5. The fourth-order valence-corrected chi connectivity index (χ4v) is 17.5. The number of unbranched alkanes of at least 4 members (excludes halogenated alkanes) is 7. The van der Waals surface area contributed by atoms with E-state index in [1.165, 1.54) is 33.7 Å². The van der Waals surface area contributed by atoms with Crippen LogP contribution >= 0.6 is 22.9 Å². The molecule has 0 radical (unpaired) electrons. The molecule has 4 aliphatic heterocycles. The van der Waals surface area contributed by atoms with Crippen molar-refractivity contribution in [2.75, 3.05) is 101 Å². The molecule has 0 spiro atoms. The Morgan fingerprint density at radius 2 is 1.60 bits per heavy atom. The summed E-state index contributed by atoms with van der Waals surface area (Å²) >= 11 is 8.06. The summed E-state index contributed by atoms with van der Waals surface area (Å²) in [7, 11) is -4.62. The van der Waals surface area contributed by atoms with Crippen molar-refractivity contribution in [3.8, 4) is 16.3 Å². The normalized spacial score (nSPS) is 19.4. The van der Waals surface area contributed by atoms with Crippen molar-refractivity contribution in [3.63, 3.8) is 0 Å². The second kappa shape index (κ2) is 36.1. The number of piperazine rings is 1. The van der Waals surface area contributed by atoms with E-state index in [4.69, 9.17) is 30.8 Å². The number of anilines is 4. The molecule has 27 heteroatoms. The van der Waals surface area contributed by atoms with Crippen molar-refractivity contribution in [1.82, 2.24) is 40.1 Å². The maximum atomic E-state index is 14.6. The van der Waals surface area contributed by atoms with Crippen molar-refractivity contribution < 1.29 is 51.8 Å². The number of aromatic nitrogens is 3. The molecule has 5 aliphatic rings. The maximum absolute atomic E-state index is 14.6. The third-order valence-electron chi connectivity index (χ3n) is 22.0. The molecule has 3 aromatic heterocycles. The van der Waals surface area contributed by atoms with Gasteiger partial charge in [0.2, 0.25) is 23.6 Å². The van der Waals surface area contributed by atoms with Crippen LogP contribution in [0.3, 0.4) is 0 Å². The number of β-amino-alcohol motifs (C(OH)–C–C–N with tert-alkyl or cyclic N) is 1. The van der Waals surface area contributed by atoms with E-state index in [1.54, 1.807) is 23.6 Å². The van der Waals surface area contributed by atoms with Gasteiger partial charge in [-0.15, -0.1) is 11.3 Å². The number of H-pyrrole nitrogens is 1. The average Bonchev–Trinajstić information content (AvgIpc) is 1.76. The molecule has 3 saturated heterocycles. The van der Waals surface area contributed by atoms with E-state index in [2.05, 4.69) is 59.5 Å². The van der Waals surface area contributed by atoms with Crippen molar-refractivity contribution in [2.24, 2.45) is 16.7 Å². The summed E-state index contributed by atoms with van der Waals surface area (Å²) in [6.45, 7) is 19.5. The van der Waals surface area contributed by atoms with Crippen molar-refractivity contribution >= 4 is 102 Å². The lowest BCUT2D eigenvalue weighted by Crippen LogP contribution is -2.57. The number of rotatable bonds is 31. The summed E-state index contributed by atoms with van der Waals surface area (Å²) in [6.07, 6.45) is 14.3. The zero-order valence-corrected chi connectivity index (χ0v) is 65.9. The number of sulfonamides is 1. The van der Waals surface area contributed by atoms with Crippen LogP contribution in [0.2, 0.25) is 5.02 Å². The highest BCUT2D eigenvalue weighted by molar-refractivity contribution is 7.90. The number of carbonyl (C=O) groups excluding carboxylic acids is 4. The molecule has 1 aliphatic carbocycles. The van der Waals surface area contributed by atoms with Crippen LogP contribution in [-0.2, 0) is 33.9 Å². The van der Waals surface area contributed by atoms with Crippen LogP contribution in [-0.4, -0.2) is 170 Å². The highest BCUT2D eigenvalue weighted by Crippen LogP contribution is 2.46. The Balaban J connectivity index is 0.599. The van der Waals surface area contributed by atoms with Gasteiger partial charge in [0.25, 0.3) is 21.6 Å². The Labute approximate surface area is 648 Å².